The topological polar surface area (TPSA) is 72.2 Å². The van der Waals surface area contributed by atoms with Gasteiger partial charge in [0.25, 0.3) is 5.91 Å². The van der Waals surface area contributed by atoms with E-state index in [1.807, 2.05) is 0 Å². The molecule has 112 valence electrons. The number of anilines is 1. The van der Waals surface area contributed by atoms with Crippen LogP contribution in [0.2, 0.25) is 0 Å². The summed E-state index contributed by atoms with van der Waals surface area (Å²) >= 11 is 0. The molecule has 0 bridgehead atoms. The van der Waals surface area contributed by atoms with Crippen LogP contribution in [-0.2, 0) is 10.8 Å². The highest BCUT2D eigenvalue weighted by Gasteiger charge is 2.09. The van der Waals surface area contributed by atoms with Crippen molar-refractivity contribution in [2.24, 2.45) is 0 Å². The number of amides is 1. The number of nitrogens with one attached hydrogen (secondary N) is 1. The van der Waals surface area contributed by atoms with Gasteiger partial charge >= 0.3 is 0 Å². The first-order chi connectivity index (χ1) is 10.5. The first kappa shape index (κ1) is 14.5. The van der Waals surface area contributed by atoms with E-state index in [0.717, 1.165) is 5.52 Å². The Kier molecular flexibility index (Phi) is 3.77. The molecular weight excluding hydrogens is 300 g/mol. The van der Waals surface area contributed by atoms with E-state index in [0.29, 0.717) is 27.6 Å². The summed E-state index contributed by atoms with van der Waals surface area (Å²) in [4.78, 5) is 17.1. The zero-order chi connectivity index (χ0) is 15.7. The Labute approximate surface area is 129 Å². The fraction of sp³-hybridized carbons (Fsp3) is 0.125. The molecule has 0 fully saturated rings. The van der Waals surface area contributed by atoms with Crippen LogP contribution >= 0.6 is 0 Å². The Morgan fingerprint density at radius 3 is 2.59 bits per heavy atom. The first-order valence-electron chi connectivity index (χ1n) is 6.65. The van der Waals surface area contributed by atoms with Crippen molar-refractivity contribution in [3.05, 3.63) is 53.9 Å². The molecule has 0 aliphatic heterocycles. The number of carbonyl (C=O) groups excluding carboxylic acids is 1. The van der Waals surface area contributed by atoms with Gasteiger partial charge < -0.3 is 9.73 Å². The number of fused-ring (bicyclic) bond motifs is 1. The summed E-state index contributed by atoms with van der Waals surface area (Å²) in [6.07, 6.45) is 1.60. The standard InChI is InChI=1S/C16H14N2O3S/c1-10-17-14-8-5-12(9-15(14)21-10)18-16(19)11-3-6-13(7-4-11)22(2)20/h3-9H,1-2H3,(H,18,19). The van der Waals surface area contributed by atoms with Gasteiger partial charge in [-0.1, -0.05) is 0 Å². The van der Waals surface area contributed by atoms with Crippen LogP contribution in [0.1, 0.15) is 16.2 Å². The van der Waals surface area contributed by atoms with Crippen molar-refractivity contribution in [2.75, 3.05) is 11.6 Å². The number of rotatable bonds is 3. The number of aromatic nitrogens is 1. The van der Waals surface area contributed by atoms with Crippen molar-refractivity contribution in [3.63, 3.8) is 0 Å². The summed E-state index contributed by atoms with van der Waals surface area (Å²) in [6, 6.07) is 12.0. The lowest BCUT2D eigenvalue weighted by molar-refractivity contribution is 0.102. The number of carbonyl (C=O) groups is 1. The van der Waals surface area contributed by atoms with Crippen LogP contribution in [0.3, 0.4) is 0 Å². The smallest absolute Gasteiger partial charge is 0.255 e. The van der Waals surface area contributed by atoms with Gasteiger partial charge in [-0.25, -0.2) is 4.98 Å². The minimum atomic E-state index is -1.05. The molecule has 1 aromatic heterocycles. The zero-order valence-corrected chi connectivity index (χ0v) is 12.9. The fourth-order valence-corrected chi connectivity index (χ4v) is 2.64. The Hall–Kier alpha value is -2.47. The van der Waals surface area contributed by atoms with Gasteiger partial charge in [-0.15, -0.1) is 0 Å². The molecule has 22 heavy (non-hydrogen) atoms. The molecule has 0 spiro atoms. The van der Waals surface area contributed by atoms with Gasteiger partial charge in [0.1, 0.15) is 5.52 Å². The molecule has 1 atom stereocenters. The maximum absolute atomic E-state index is 12.2. The predicted octanol–water partition coefficient (Wildman–Crippen LogP) is 3.13. The van der Waals surface area contributed by atoms with E-state index in [1.54, 1.807) is 55.6 Å². The van der Waals surface area contributed by atoms with Crippen LogP contribution < -0.4 is 5.32 Å². The molecule has 3 aromatic rings. The van der Waals surface area contributed by atoms with Crippen molar-refractivity contribution in [1.29, 1.82) is 0 Å². The van der Waals surface area contributed by atoms with Gasteiger partial charge in [-0.05, 0) is 36.4 Å². The lowest BCUT2D eigenvalue weighted by Crippen LogP contribution is -2.11. The molecule has 2 aromatic carbocycles. The van der Waals surface area contributed by atoms with Crippen molar-refractivity contribution >= 4 is 33.5 Å². The molecule has 1 heterocycles. The SMILES string of the molecule is Cc1nc2ccc(NC(=O)c3ccc(S(C)=O)cc3)cc2o1. The van der Waals surface area contributed by atoms with Gasteiger partial charge in [0.15, 0.2) is 11.5 Å². The van der Waals surface area contributed by atoms with Crippen molar-refractivity contribution in [2.45, 2.75) is 11.8 Å². The summed E-state index contributed by atoms with van der Waals surface area (Å²) < 4.78 is 16.8. The van der Waals surface area contributed by atoms with Gasteiger partial charge in [-0.3, -0.25) is 9.00 Å². The highest BCUT2D eigenvalue weighted by atomic mass is 32.2. The van der Waals surface area contributed by atoms with Gasteiger partial charge in [-0.2, -0.15) is 0 Å². The number of hydrogen-bond acceptors (Lipinski definition) is 4. The molecule has 0 saturated heterocycles. The Bertz CT molecular complexity index is 869. The highest BCUT2D eigenvalue weighted by Crippen LogP contribution is 2.20. The second-order valence-corrected chi connectivity index (χ2v) is 6.23. The van der Waals surface area contributed by atoms with Crippen LogP contribution in [0.4, 0.5) is 5.69 Å². The second-order valence-electron chi connectivity index (χ2n) is 4.85. The van der Waals surface area contributed by atoms with Gasteiger partial charge in [0, 0.05) is 46.2 Å². The van der Waals surface area contributed by atoms with E-state index in [4.69, 9.17) is 4.42 Å². The number of benzene rings is 2. The summed E-state index contributed by atoms with van der Waals surface area (Å²) in [5.74, 6) is 0.352. The van der Waals surface area contributed by atoms with Crippen LogP contribution in [-0.4, -0.2) is 21.4 Å². The van der Waals surface area contributed by atoms with E-state index in [-0.39, 0.29) is 5.91 Å². The summed E-state index contributed by atoms with van der Waals surface area (Å²) in [5, 5.41) is 2.81. The Balaban J connectivity index is 1.81. The fourth-order valence-electron chi connectivity index (χ4n) is 2.12. The third kappa shape index (κ3) is 2.92. The molecule has 3 rings (SSSR count). The molecule has 5 nitrogen and oxygen atoms in total. The molecule has 0 aliphatic carbocycles. The maximum atomic E-state index is 12.2. The second kappa shape index (κ2) is 5.73. The quantitative estimate of drug-likeness (QED) is 0.806. The van der Waals surface area contributed by atoms with E-state index in [2.05, 4.69) is 10.3 Å². The summed E-state index contributed by atoms with van der Waals surface area (Å²) in [6.45, 7) is 1.78. The molecule has 0 saturated carbocycles. The monoisotopic (exact) mass is 314 g/mol. The predicted molar refractivity (Wildman–Crippen MR) is 85.5 cm³/mol. The lowest BCUT2D eigenvalue weighted by Gasteiger charge is -2.05. The molecule has 1 amide bonds. The molecule has 0 radical (unpaired) electrons. The maximum Gasteiger partial charge on any atom is 0.255 e. The average Bonchev–Trinajstić information content (AvgIpc) is 2.86. The van der Waals surface area contributed by atoms with Crippen LogP contribution in [0.25, 0.3) is 11.1 Å². The Morgan fingerprint density at radius 1 is 1.18 bits per heavy atom. The summed E-state index contributed by atoms with van der Waals surface area (Å²) in [5.41, 5.74) is 2.53. The Morgan fingerprint density at radius 2 is 1.91 bits per heavy atom. The van der Waals surface area contributed by atoms with Gasteiger partial charge in [0.2, 0.25) is 0 Å². The van der Waals surface area contributed by atoms with E-state index in [9.17, 15) is 9.00 Å². The third-order valence-corrected chi connectivity index (χ3v) is 4.14. The van der Waals surface area contributed by atoms with Crippen molar-refractivity contribution in [3.8, 4) is 0 Å². The van der Waals surface area contributed by atoms with Crippen molar-refractivity contribution < 1.29 is 13.4 Å². The molecule has 0 aliphatic rings. The van der Waals surface area contributed by atoms with Gasteiger partial charge in [0.05, 0.1) is 0 Å². The molecule has 1 N–H and O–H groups in total. The van der Waals surface area contributed by atoms with Crippen LogP contribution in [0, 0.1) is 6.92 Å². The normalized spacial score (nSPS) is 12.3. The zero-order valence-electron chi connectivity index (χ0n) is 12.1. The highest BCUT2D eigenvalue weighted by molar-refractivity contribution is 7.84. The molecular formula is C16H14N2O3S. The number of oxazole rings is 1. The number of nitrogens with zero attached hydrogens (tertiary/aromatic N) is 1. The average molecular weight is 314 g/mol. The molecule has 1 unspecified atom stereocenters. The van der Waals surface area contributed by atoms with E-state index < -0.39 is 10.8 Å². The third-order valence-electron chi connectivity index (χ3n) is 3.20. The first-order valence-corrected chi connectivity index (χ1v) is 8.21. The largest absolute Gasteiger partial charge is 0.441 e. The minimum Gasteiger partial charge on any atom is -0.441 e. The van der Waals surface area contributed by atoms with E-state index in [1.165, 1.54) is 0 Å². The molecule has 6 heteroatoms. The number of aryl methyl sites for hydroxylation is 1. The van der Waals surface area contributed by atoms with Crippen LogP contribution in [0.5, 0.6) is 0 Å². The van der Waals surface area contributed by atoms with Crippen molar-refractivity contribution in [1.82, 2.24) is 4.98 Å². The number of hydrogen-bond donors (Lipinski definition) is 1. The van der Waals surface area contributed by atoms with E-state index >= 15 is 0 Å². The summed E-state index contributed by atoms with van der Waals surface area (Å²) in [7, 11) is -1.05. The minimum absolute atomic E-state index is 0.232. The van der Waals surface area contributed by atoms with Crippen LogP contribution in [0.15, 0.2) is 51.8 Å². The lowest BCUT2D eigenvalue weighted by atomic mass is 10.2.